The minimum Gasteiger partial charge on any atom is -0.494 e. The molecule has 10 heteroatoms. The van der Waals surface area contributed by atoms with Crippen LogP contribution in [0.25, 0.3) is 0 Å². The van der Waals surface area contributed by atoms with E-state index < -0.39 is 10.0 Å². The highest BCUT2D eigenvalue weighted by molar-refractivity contribution is 7.92. The fourth-order valence-corrected chi connectivity index (χ4v) is 4.35. The molecular weight excluding hydrogens is 472 g/mol. The minimum absolute atomic E-state index is 0.0750. The summed E-state index contributed by atoms with van der Waals surface area (Å²) < 4.78 is 49.5. The van der Waals surface area contributed by atoms with E-state index in [-0.39, 0.29) is 17.4 Å². The van der Waals surface area contributed by atoms with Crippen molar-refractivity contribution in [1.82, 2.24) is 0 Å². The van der Waals surface area contributed by atoms with Gasteiger partial charge in [0.25, 0.3) is 15.9 Å². The smallest absolute Gasteiger partial charge is 0.262 e. The maximum Gasteiger partial charge on any atom is 0.262 e. The monoisotopic (exact) mass is 500 g/mol. The number of aryl methyl sites for hydroxylation is 1. The van der Waals surface area contributed by atoms with E-state index in [0.29, 0.717) is 46.5 Å². The van der Waals surface area contributed by atoms with Gasteiger partial charge in [-0.15, -0.1) is 0 Å². The third-order valence-electron chi connectivity index (χ3n) is 4.90. The lowest BCUT2D eigenvalue weighted by Crippen LogP contribution is -2.20. The number of carbonyl (C=O) groups excluding carboxylic acids is 1. The van der Waals surface area contributed by atoms with Crippen LogP contribution in [0.3, 0.4) is 0 Å². The van der Waals surface area contributed by atoms with Gasteiger partial charge >= 0.3 is 0 Å². The van der Waals surface area contributed by atoms with E-state index in [1.807, 2.05) is 6.92 Å². The lowest BCUT2D eigenvalue weighted by atomic mass is 10.2. The molecule has 3 aromatic carbocycles. The number of nitrogens with one attached hydrogen (secondary N) is 2. The molecule has 0 fully saturated rings. The van der Waals surface area contributed by atoms with Gasteiger partial charge in [0, 0.05) is 17.4 Å². The minimum atomic E-state index is -3.81. The first-order chi connectivity index (χ1) is 16.7. The van der Waals surface area contributed by atoms with Crippen molar-refractivity contribution in [2.24, 2.45) is 0 Å². The molecule has 0 unspecified atom stereocenters. The first-order valence-corrected chi connectivity index (χ1v) is 12.2. The summed E-state index contributed by atoms with van der Waals surface area (Å²) in [5.74, 6) is 1.70. The Labute approximate surface area is 205 Å². The van der Waals surface area contributed by atoms with Crippen LogP contribution in [0, 0.1) is 6.92 Å². The second-order valence-corrected chi connectivity index (χ2v) is 9.08. The van der Waals surface area contributed by atoms with Crippen molar-refractivity contribution < 1.29 is 32.2 Å². The van der Waals surface area contributed by atoms with E-state index >= 15 is 0 Å². The highest BCUT2D eigenvalue weighted by Crippen LogP contribution is 2.30. The van der Waals surface area contributed by atoms with Crippen molar-refractivity contribution in [1.29, 1.82) is 0 Å². The Hall–Kier alpha value is -3.92. The van der Waals surface area contributed by atoms with Crippen molar-refractivity contribution in [3.05, 3.63) is 66.2 Å². The van der Waals surface area contributed by atoms with E-state index in [1.54, 1.807) is 49.4 Å². The van der Waals surface area contributed by atoms with Gasteiger partial charge in [-0.05, 0) is 74.0 Å². The van der Waals surface area contributed by atoms with Crippen molar-refractivity contribution in [3.63, 3.8) is 0 Å². The number of amides is 1. The number of hydrogen-bond acceptors (Lipinski definition) is 7. The molecule has 0 saturated heterocycles. The summed E-state index contributed by atoms with van der Waals surface area (Å²) in [7, 11) is -0.776. The van der Waals surface area contributed by atoms with Gasteiger partial charge in [0.05, 0.1) is 25.7 Å². The lowest BCUT2D eigenvalue weighted by molar-refractivity contribution is -0.118. The Kier molecular flexibility index (Phi) is 8.43. The summed E-state index contributed by atoms with van der Waals surface area (Å²) >= 11 is 0. The number of hydrogen-bond donors (Lipinski definition) is 2. The normalized spacial score (nSPS) is 10.9. The van der Waals surface area contributed by atoms with Crippen molar-refractivity contribution >= 4 is 27.3 Å². The number of carbonyl (C=O) groups is 1. The van der Waals surface area contributed by atoms with Crippen LogP contribution >= 0.6 is 0 Å². The molecule has 1 amide bonds. The number of sulfonamides is 1. The van der Waals surface area contributed by atoms with Crippen LogP contribution in [0.1, 0.15) is 12.5 Å². The number of rotatable bonds is 11. The standard InChI is InChI=1S/C25H28N2O7S/c1-5-33-20-9-6-18(7-10-20)27-35(29,30)21-11-13-22(17(2)14-21)34-16-25(28)26-19-8-12-23(31-3)24(15-19)32-4/h6-15,27H,5,16H2,1-4H3,(H,26,28). The molecule has 3 rings (SSSR count). The van der Waals surface area contributed by atoms with Crippen LogP contribution in [-0.2, 0) is 14.8 Å². The van der Waals surface area contributed by atoms with Crippen molar-refractivity contribution in [2.75, 3.05) is 37.5 Å². The molecule has 0 aliphatic heterocycles. The average Bonchev–Trinajstić information content (AvgIpc) is 2.84. The van der Waals surface area contributed by atoms with Crippen molar-refractivity contribution in [2.45, 2.75) is 18.7 Å². The maximum absolute atomic E-state index is 12.8. The predicted molar refractivity (Wildman–Crippen MR) is 133 cm³/mol. The predicted octanol–water partition coefficient (Wildman–Crippen LogP) is 4.23. The van der Waals surface area contributed by atoms with Crippen LogP contribution in [0.2, 0.25) is 0 Å². The molecule has 0 atom stereocenters. The molecular formula is C25H28N2O7S. The van der Waals surface area contributed by atoms with Crippen LogP contribution in [0.15, 0.2) is 65.6 Å². The van der Waals surface area contributed by atoms with Crippen LogP contribution in [0.5, 0.6) is 23.0 Å². The Morgan fingerprint density at radius 2 is 1.49 bits per heavy atom. The third-order valence-corrected chi connectivity index (χ3v) is 6.28. The molecule has 0 saturated carbocycles. The molecule has 0 aliphatic carbocycles. The summed E-state index contributed by atoms with van der Waals surface area (Å²) in [5.41, 5.74) is 1.51. The fourth-order valence-electron chi connectivity index (χ4n) is 3.21. The zero-order valence-electron chi connectivity index (χ0n) is 20.0. The molecule has 35 heavy (non-hydrogen) atoms. The van der Waals surface area contributed by atoms with Crippen molar-refractivity contribution in [3.8, 4) is 23.0 Å². The topological polar surface area (TPSA) is 112 Å². The number of methoxy groups -OCH3 is 2. The van der Waals surface area contributed by atoms with E-state index in [4.69, 9.17) is 18.9 Å². The largest absolute Gasteiger partial charge is 0.494 e. The number of benzene rings is 3. The molecule has 0 spiro atoms. The zero-order valence-corrected chi connectivity index (χ0v) is 20.8. The van der Waals surface area contributed by atoms with E-state index in [1.165, 1.54) is 32.4 Å². The Morgan fingerprint density at radius 1 is 0.829 bits per heavy atom. The van der Waals surface area contributed by atoms with Gasteiger partial charge in [0.1, 0.15) is 11.5 Å². The summed E-state index contributed by atoms with van der Waals surface area (Å²) in [6.45, 7) is 3.84. The summed E-state index contributed by atoms with van der Waals surface area (Å²) in [4.78, 5) is 12.4. The first kappa shape index (κ1) is 25.7. The van der Waals surface area contributed by atoms with E-state index in [9.17, 15) is 13.2 Å². The maximum atomic E-state index is 12.8. The van der Waals surface area contributed by atoms with E-state index in [0.717, 1.165) is 0 Å². The average molecular weight is 501 g/mol. The van der Waals surface area contributed by atoms with Crippen LogP contribution in [-0.4, -0.2) is 41.8 Å². The Bertz CT molecular complexity index is 1280. The summed E-state index contributed by atoms with van der Waals surface area (Å²) in [6, 6.07) is 16.1. The highest BCUT2D eigenvalue weighted by Gasteiger charge is 2.16. The zero-order chi connectivity index (χ0) is 25.4. The van der Waals surface area contributed by atoms with E-state index in [2.05, 4.69) is 10.0 Å². The van der Waals surface area contributed by atoms with Crippen LogP contribution < -0.4 is 29.0 Å². The lowest BCUT2D eigenvalue weighted by Gasteiger charge is -2.13. The second-order valence-electron chi connectivity index (χ2n) is 7.40. The quantitative estimate of drug-likeness (QED) is 0.405. The van der Waals surface area contributed by atoms with Gasteiger partial charge in [-0.3, -0.25) is 9.52 Å². The molecule has 0 aromatic heterocycles. The molecule has 0 radical (unpaired) electrons. The number of ether oxygens (including phenoxy) is 4. The number of anilines is 2. The molecule has 3 aromatic rings. The molecule has 0 bridgehead atoms. The highest BCUT2D eigenvalue weighted by atomic mass is 32.2. The van der Waals surface area contributed by atoms with Gasteiger partial charge in [0.2, 0.25) is 0 Å². The Morgan fingerprint density at radius 3 is 2.11 bits per heavy atom. The Balaban J connectivity index is 1.61. The van der Waals surface area contributed by atoms with Gasteiger partial charge in [-0.1, -0.05) is 0 Å². The second kappa shape index (κ2) is 11.5. The molecule has 9 nitrogen and oxygen atoms in total. The summed E-state index contributed by atoms with van der Waals surface area (Å²) in [5, 5.41) is 2.72. The molecule has 186 valence electrons. The molecule has 0 aliphatic rings. The van der Waals surface area contributed by atoms with Gasteiger partial charge in [-0.25, -0.2) is 8.42 Å². The van der Waals surface area contributed by atoms with Crippen LogP contribution in [0.4, 0.5) is 11.4 Å². The molecule has 2 N–H and O–H groups in total. The van der Waals surface area contributed by atoms with Gasteiger partial charge < -0.3 is 24.3 Å². The summed E-state index contributed by atoms with van der Waals surface area (Å²) in [6.07, 6.45) is 0. The third kappa shape index (κ3) is 6.80. The van der Waals surface area contributed by atoms with Gasteiger partial charge in [-0.2, -0.15) is 0 Å². The van der Waals surface area contributed by atoms with Gasteiger partial charge in [0.15, 0.2) is 18.1 Å². The first-order valence-electron chi connectivity index (χ1n) is 10.8. The molecule has 0 heterocycles. The fraction of sp³-hybridized carbons (Fsp3) is 0.240. The SMILES string of the molecule is CCOc1ccc(NS(=O)(=O)c2ccc(OCC(=O)Nc3ccc(OC)c(OC)c3)c(C)c2)cc1.